The zero-order valence-electron chi connectivity index (χ0n) is 27.4. The number of hydrogen-bond donors (Lipinski definition) is 0. The first kappa shape index (κ1) is 34.4. The van der Waals surface area contributed by atoms with Crippen LogP contribution in [0.3, 0.4) is 0 Å². The standard InChI is InChI=1S/C39H34BrClN2O5S/c1-5-47-38(45)33-34(27-9-7-6-8-10-27)42-39-43(35(33)28-15-13-26(14-16-28)23(2)3)37(44)32(49-39)21-25-19-30(41)36(31(20-25)46-4)48-22-24-11-17-29(40)18-12-24/h6-21,23,35H,5,22H2,1-4H3/b32-21-/t35-/m0/s1. The minimum atomic E-state index is -0.763. The molecule has 4 aromatic carbocycles. The van der Waals surface area contributed by atoms with E-state index in [1.54, 1.807) is 36.8 Å². The molecule has 1 atom stereocenters. The van der Waals surface area contributed by atoms with Crippen LogP contribution in [0.25, 0.3) is 11.8 Å². The van der Waals surface area contributed by atoms with Crippen LogP contribution in [-0.2, 0) is 16.1 Å². The Hall–Kier alpha value is -4.44. The van der Waals surface area contributed by atoms with Gasteiger partial charge in [-0.25, -0.2) is 9.79 Å². The maximum Gasteiger partial charge on any atom is 0.338 e. The summed E-state index contributed by atoms with van der Waals surface area (Å²) in [4.78, 5) is 33.5. The van der Waals surface area contributed by atoms with Crippen molar-refractivity contribution in [3.05, 3.63) is 154 Å². The van der Waals surface area contributed by atoms with Crippen molar-refractivity contribution in [1.29, 1.82) is 0 Å². The van der Waals surface area contributed by atoms with Crippen molar-refractivity contribution in [3.8, 4) is 11.5 Å². The normalized spacial score (nSPS) is 14.4. The molecule has 1 aliphatic rings. The Kier molecular flexibility index (Phi) is 10.5. The highest BCUT2D eigenvalue weighted by molar-refractivity contribution is 9.10. The van der Waals surface area contributed by atoms with Gasteiger partial charge in [0.25, 0.3) is 5.56 Å². The molecule has 0 amide bonds. The van der Waals surface area contributed by atoms with Crippen LogP contribution < -0.4 is 24.4 Å². The van der Waals surface area contributed by atoms with Crippen molar-refractivity contribution in [2.45, 2.75) is 39.3 Å². The molecule has 2 heterocycles. The van der Waals surface area contributed by atoms with Gasteiger partial charge in [-0.15, -0.1) is 0 Å². The molecule has 0 N–H and O–H groups in total. The fourth-order valence-electron chi connectivity index (χ4n) is 5.67. The van der Waals surface area contributed by atoms with Crippen molar-refractivity contribution < 1.29 is 19.0 Å². The Labute approximate surface area is 301 Å². The number of aromatic nitrogens is 1. The summed E-state index contributed by atoms with van der Waals surface area (Å²) in [6.07, 6.45) is 1.76. The molecule has 0 saturated carbocycles. The van der Waals surface area contributed by atoms with E-state index >= 15 is 0 Å². The van der Waals surface area contributed by atoms with Crippen LogP contribution in [0.4, 0.5) is 0 Å². The molecule has 1 aromatic heterocycles. The average molecular weight is 758 g/mol. The predicted molar refractivity (Wildman–Crippen MR) is 198 cm³/mol. The minimum Gasteiger partial charge on any atom is -0.493 e. The summed E-state index contributed by atoms with van der Waals surface area (Å²) < 4.78 is 20.3. The average Bonchev–Trinajstić information content (AvgIpc) is 3.41. The van der Waals surface area contributed by atoms with Crippen LogP contribution in [0.5, 0.6) is 11.5 Å². The minimum absolute atomic E-state index is 0.180. The van der Waals surface area contributed by atoms with Gasteiger partial charge in [-0.3, -0.25) is 9.36 Å². The van der Waals surface area contributed by atoms with Gasteiger partial charge in [-0.05, 0) is 65.4 Å². The van der Waals surface area contributed by atoms with Gasteiger partial charge >= 0.3 is 5.97 Å². The van der Waals surface area contributed by atoms with Gasteiger partial charge in [0.2, 0.25) is 0 Å². The zero-order valence-corrected chi connectivity index (χ0v) is 30.6. The maximum atomic E-state index is 14.4. The van der Waals surface area contributed by atoms with Crippen molar-refractivity contribution in [1.82, 2.24) is 4.57 Å². The molecule has 0 bridgehead atoms. The molecule has 10 heteroatoms. The molecule has 0 aliphatic carbocycles. The van der Waals surface area contributed by atoms with E-state index in [0.29, 0.717) is 55.2 Å². The van der Waals surface area contributed by atoms with E-state index in [0.717, 1.165) is 26.7 Å². The van der Waals surface area contributed by atoms with Gasteiger partial charge in [0.15, 0.2) is 16.3 Å². The molecule has 0 unspecified atom stereocenters. The van der Waals surface area contributed by atoms with Crippen LogP contribution in [0, 0.1) is 0 Å². The monoisotopic (exact) mass is 756 g/mol. The first-order chi connectivity index (χ1) is 23.7. The van der Waals surface area contributed by atoms with Gasteiger partial charge in [0.05, 0.1) is 40.6 Å². The lowest BCUT2D eigenvalue weighted by atomic mass is 9.91. The Bertz CT molecular complexity index is 2210. The zero-order chi connectivity index (χ0) is 34.7. The van der Waals surface area contributed by atoms with Gasteiger partial charge in [-0.1, -0.05) is 119 Å². The second-order valence-corrected chi connectivity index (χ2v) is 14.0. The number of ether oxygens (including phenoxy) is 3. The van der Waals surface area contributed by atoms with E-state index in [2.05, 4.69) is 29.8 Å². The van der Waals surface area contributed by atoms with Crippen LogP contribution >= 0.6 is 38.9 Å². The Balaban J connectivity index is 1.49. The lowest BCUT2D eigenvalue weighted by molar-refractivity contribution is -0.138. The molecule has 0 saturated heterocycles. The van der Waals surface area contributed by atoms with Crippen LogP contribution in [0.1, 0.15) is 60.5 Å². The summed E-state index contributed by atoms with van der Waals surface area (Å²) >= 11 is 11.4. The van der Waals surface area contributed by atoms with Crippen LogP contribution in [-0.4, -0.2) is 24.3 Å². The van der Waals surface area contributed by atoms with E-state index in [1.165, 1.54) is 11.3 Å². The second-order valence-electron chi connectivity index (χ2n) is 11.7. The first-order valence-electron chi connectivity index (χ1n) is 15.8. The van der Waals surface area contributed by atoms with Crippen LogP contribution in [0.2, 0.25) is 5.02 Å². The highest BCUT2D eigenvalue weighted by Gasteiger charge is 2.35. The molecular formula is C39H34BrClN2O5S. The molecule has 0 spiro atoms. The first-order valence-corrected chi connectivity index (χ1v) is 17.8. The second kappa shape index (κ2) is 15.0. The lowest BCUT2D eigenvalue weighted by Crippen LogP contribution is -2.40. The van der Waals surface area contributed by atoms with Gasteiger partial charge in [-0.2, -0.15) is 0 Å². The summed E-state index contributed by atoms with van der Waals surface area (Å²) in [5, 5.41) is 0.342. The molecule has 49 heavy (non-hydrogen) atoms. The highest BCUT2D eigenvalue weighted by Crippen LogP contribution is 2.38. The SMILES string of the molecule is CCOC(=O)C1=C(c2ccccc2)N=c2s/c(=C\c3cc(Cl)c(OCc4ccc(Br)cc4)c(OC)c3)c(=O)n2[C@H]1c1ccc(C(C)C)cc1. The summed E-state index contributed by atoms with van der Waals surface area (Å²) in [5.74, 6) is 0.634. The number of nitrogens with zero attached hydrogens (tertiary/aromatic N) is 2. The van der Waals surface area contributed by atoms with Crippen molar-refractivity contribution in [3.63, 3.8) is 0 Å². The van der Waals surface area contributed by atoms with E-state index in [1.807, 2.05) is 78.9 Å². The van der Waals surface area contributed by atoms with Crippen molar-refractivity contribution in [2.75, 3.05) is 13.7 Å². The summed E-state index contributed by atoms with van der Waals surface area (Å²) in [7, 11) is 1.54. The summed E-state index contributed by atoms with van der Waals surface area (Å²) in [6, 6.07) is 28.1. The molecule has 5 aromatic rings. The molecule has 1 aliphatic heterocycles. The number of carbonyl (C=O) groups is 1. The lowest BCUT2D eigenvalue weighted by Gasteiger charge is -2.26. The van der Waals surface area contributed by atoms with Crippen LogP contribution in [0.15, 0.2) is 111 Å². The number of thiazole rings is 1. The Morgan fingerprint density at radius 2 is 1.76 bits per heavy atom. The number of benzene rings is 4. The van der Waals surface area contributed by atoms with Gasteiger partial charge in [0.1, 0.15) is 6.61 Å². The number of fused-ring (bicyclic) bond motifs is 1. The molecule has 6 rings (SSSR count). The van der Waals surface area contributed by atoms with E-state index < -0.39 is 12.0 Å². The maximum absolute atomic E-state index is 14.4. The predicted octanol–water partition coefficient (Wildman–Crippen LogP) is 8.06. The largest absolute Gasteiger partial charge is 0.493 e. The Morgan fingerprint density at radius 3 is 2.41 bits per heavy atom. The number of halogens is 2. The fourth-order valence-corrected chi connectivity index (χ4v) is 7.21. The number of hydrogen-bond acceptors (Lipinski definition) is 7. The van der Waals surface area contributed by atoms with Crippen molar-refractivity contribution >= 4 is 56.6 Å². The number of methoxy groups -OCH3 is 1. The number of rotatable bonds is 10. The summed E-state index contributed by atoms with van der Waals surface area (Å²) in [5.41, 5.74) is 4.79. The highest BCUT2D eigenvalue weighted by atomic mass is 79.9. The quantitative estimate of drug-likeness (QED) is 0.135. The Morgan fingerprint density at radius 1 is 1.04 bits per heavy atom. The van der Waals surface area contributed by atoms with Crippen molar-refractivity contribution in [2.24, 2.45) is 4.99 Å². The number of esters is 1. The fraction of sp³-hybridized carbons (Fsp3) is 0.205. The van der Waals surface area contributed by atoms with Gasteiger partial charge < -0.3 is 14.2 Å². The molecule has 0 radical (unpaired) electrons. The number of carbonyl (C=O) groups excluding carboxylic acids is 1. The van der Waals surface area contributed by atoms with Gasteiger partial charge in [0, 0.05) is 10.0 Å². The topological polar surface area (TPSA) is 79.1 Å². The van der Waals surface area contributed by atoms with E-state index in [4.69, 9.17) is 30.8 Å². The smallest absolute Gasteiger partial charge is 0.338 e. The third-order valence-corrected chi connectivity index (χ3v) is 9.93. The molecular weight excluding hydrogens is 724 g/mol. The van der Waals surface area contributed by atoms with E-state index in [-0.39, 0.29) is 12.2 Å². The molecule has 250 valence electrons. The van der Waals surface area contributed by atoms with E-state index in [9.17, 15) is 9.59 Å². The summed E-state index contributed by atoms with van der Waals surface area (Å²) in [6.45, 7) is 6.49. The third-order valence-electron chi connectivity index (χ3n) is 8.14. The molecule has 7 nitrogen and oxygen atoms in total. The molecule has 0 fully saturated rings. The third kappa shape index (κ3) is 7.29.